The van der Waals surface area contributed by atoms with Gasteiger partial charge in [-0.2, -0.15) is 21.1 Å². The number of esters is 1. The summed E-state index contributed by atoms with van der Waals surface area (Å²) in [6.07, 6.45) is 2.16. The van der Waals surface area contributed by atoms with Crippen LogP contribution in [0, 0.1) is 0 Å². The lowest BCUT2D eigenvalue weighted by Gasteiger charge is -2.24. The number of hydrogen-bond acceptors (Lipinski definition) is 7. The van der Waals surface area contributed by atoms with Gasteiger partial charge in [0.15, 0.2) is 0 Å². The van der Waals surface area contributed by atoms with Crippen LogP contribution in [0.4, 0.5) is 0 Å². The Labute approximate surface area is 141 Å². The van der Waals surface area contributed by atoms with Gasteiger partial charge in [-0.3, -0.25) is 0 Å². The summed E-state index contributed by atoms with van der Waals surface area (Å²) >= 11 is 0. The fourth-order valence-corrected chi connectivity index (χ4v) is 5.26. The fourth-order valence-electron chi connectivity index (χ4n) is 2.34. The Morgan fingerprint density at radius 3 is 2.33 bits per heavy atom. The molecule has 1 aromatic carbocycles. The summed E-state index contributed by atoms with van der Waals surface area (Å²) in [5.74, 6) is -0.865. The summed E-state index contributed by atoms with van der Waals surface area (Å²) in [6, 6.07) is 5.16. The molecule has 0 amide bonds. The maximum absolute atomic E-state index is 12.4. The van der Waals surface area contributed by atoms with Crippen LogP contribution >= 0.6 is 0 Å². The minimum absolute atomic E-state index is 0.0557. The van der Waals surface area contributed by atoms with E-state index >= 15 is 0 Å². The van der Waals surface area contributed by atoms with Gasteiger partial charge in [0.25, 0.3) is 0 Å². The molecule has 0 radical (unpaired) electrons. The molecule has 0 saturated carbocycles. The Bertz CT molecular complexity index is 796. The Hall–Kier alpha value is -1.49. The molecule has 0 unspecified atom stereocenters. The second-order valence-electron chi connectivity index (χ2n) is 5.16. The van der Waals surface area contributed by atoms with Crippen molar-refractivity contribution in [1.29, 1.82) is 0 Å². The first-order valence-corrected chi connectivity index (χ1v) is 10.3. The summed E-state index contributed by atoms with van der Waals surface area (Å²) in [4.78, 5) is 11.3. The van der Waals surface area contributed by atoms with E-state index in [0.29, 0.717) is 12.8 Å². The third-order valence-corrected chi connectivity index (χ3v) is 6.76. The average molecular weight is 377 g/mol. The molecule has 2 rings (SSSR count). The van der Waals surface area contributed by atoms with Gasteiger partial charge < -0.3 is 4.74 Å². The molecule has 0 N–H and O–H groups in total. The first-order chi connectivity index (χ1) is 11.3. The Morgan fingerprint density at radius 1 is 1.08 bits per heavy atom. The zero-order valence-corrected chi connectivity index (χ0v) is 14.8. The summed E-state index contributed by atoms with van der Waals surface area (Å²) < 4.78 is 59.4. The number of carbonyl (C=O) groups is 1. The minimum Gasteiger partial charge on any atom is -0.462 e. The van der Waals surface area contributed by atoms with Gasteiger partial charge in [-0.15, -0.1) is 3.63 Å². The van der Waals surface area contributed by atoms with Crippen molar-refractivity contribution in [2.24, 2.45) is 0 Å². The van der Waals surface area contributed by atoms with Crippen molar-refractivity contribution >= 4 is 26.4 Å². The van der Waals surface area contributed by atoms with Crippen LogP contribution in [0.1, 0.15) is 36.5 Å². The van der Waals surface area contributed by atoms with E-state index in [1.54, 1.807) is 6.92 Å². The highest BCUT2D eigenvalue weighted by Crippen LogP contribution is 2.23. The smallest absolute Gasteiger partial charge is 0.353 e. The van der Waals surface area contributed by atoms with E-state index in [1.807, 2.05) is 0 Å². The number of benzene rings is 1. The minimum atomic E-state index is -4.69. The van der Waals surface area contributed by atoms with Crippen molar-refractivity contribution in [2.45, 2.75) is 31.1 Å². The van der Waals surface area contributed by atoms with E-state index in [9.17, 15) is 21.6 Å². The van der Waals surface area contributed by atoms with Crippen molar-refractivity contribution in [3.8, 4) is 0 Å². The Balaban J connectivity index is 2.32. The van der Waals surface area contributed by atoms with Crippen LogP contribution in [0.15, 0.2) is 29.2 Å². The third kappa shape index (κ3) is 4.32. The average Bonchev–Trinajstić information content (AvgIpc) is 2.55. The van der Waals surface area contributed by atoms with Gasteiger partial charge in [0.2, 0.25) is 0 Å². The van der Waals surface area contributed by atoms with E-state index in [1.165, 1.54) is 18.2 Å². The molecule has 1 aliphatic rings. The van der Waals surface area contributed by atoms with Gasteiger partial charge in [0.1, 0.15) is 4.90 Å². The number of nitrogens with zero attached hydrogens (tertiary/aromatic N) is 1. The van der Waals surface area contributed by atoms with Crippen LogP contribution in [0.5, 0.6) is 0 Å². The van der Waals surface area contributed by atoms with Crippen LogP contribution in [0.2, 0.25) is 0 Å². The quantitative estimate of drug-likeness (QED) is 0.688. The topological polar surface area (TPSA) is 107 Å². The van der Waals surface area contributed by atoms with Crippen molar-refractivity contribution in [3.05, 3.63) is 29.8 Å². The normalized spacial score (nSPS) is 16.7. The van der Waals surface area contributed by atoms with E-state index < -0.39 is 31.3 Å². The molecule has 1 aliphatic heterocycles. The highest BCUT2D eigenvalue weighted by atomic mass is 32.3. The number of ether oxygens (including phenoxy) is 1. The highest BCUT2D eigenvalue weighted by Gasteiger charge is 2.34. The van der Waals surface area contributed by atoms with Crippen molar-refractivity contribution in [2.75, 3.05) is 19.7 Å². The molecular formula is C14H19NO7S2. The van der Waals surface area contributed by atoms with E-state index in [-0.39, 0.29) is 25.3 Å². The molecule has 1 heterocycles. The highest BCUT2D eigenvalue weighted by molar-refractivity contribution is 7.98. The van der Waals surface area contributed by atoms with Crippen LogP contribution in [0.25, 0.3) is 0 Å². The lowest BCUT2D eigenvalue weighted by Crippen LogP contribution is -2.38. The zero-order chi connectivity index (χ0) is 17.8. The van der Waals surface area contributed by atoms with Gasteiger partial charge in [0.05, 0.1) is 12.2 Å². The van der Waals surface area contributed by atoms with E-state index in [2.05, 4.69) is 3.63 Å². The molecule has 0 atom stereocenters. The second kappa shape index (κ2) is 7.60. The van der Waals surface area contributed by atoms with Gasteiger partial charge in [-0.25, -0.2) is 4.79 Å². The summed E-state index contributed by atoms with van der Waals surface area (Å²) in [5, 5.41) is 0. The SMILES string of the molecule is CCOC(=O)c1ccccc1S(=O)(=O)OS(=O)(=O)N1CCCCC1. The first kappa shape index (κ1) is 18.8. The number of carbonyl (C=O) groups excluding carboxylic acids is 1. The predicted octanol–water partition coefficient (Wildman–Crippen LogP) is 1.30. The summed E-state index contributed by atoms with van der Waals surface area (Å²) in [5.41, 5.74) is -0.270. The van der Waals surface area contributed by atoms with Crippen LogP contribution in [0.3, 0.4) is 0 Å². The van der Waals surface area contributed by atoms with Gasteiger partial charge in [0, 0.05) is 13.1 Å². The Morgan fingerprint density at radius 2 is 1.71 bits per heavy atom. The molecule has 0 bridgehead atoms. The van der Waals surface area contributed by atoms with Crippen LogP contribution in [-0.2, 0) is 28.8 Å². The maximum Gasteiger partial charge on any atom is 0.353 e. The number of piperidine rings is 1. The largest absolute Gasteiger partial charge is 0.462 e. The van der Waals surface area contributed by atoms with Gasteiger partial charge >= 0.3 is 26.4 Å². The van der Waals surface area contributed by atoms with E-state index in [0.717, 1.165) is 16.8 Å². The molecule has 8 nitrogen and oxygen atoms in total. The summed E-state index contributed by atoms with van der Waals surface area (Å²) in [6.45, 7) is 2.04. The molecule has 134 valence electrons. The lowest BCUT2D eigenvalue weighted by molar-refractivity contribution is 0.0521. The second-order valence-corrected chi connectivity index (χ2v) is 8.42. The third-order valence-electron chi connectivity index (χ3n) is 3.46. The van der Waals surface area contributed by atoms with Crippen LogP contribution < -0.4 is 0 Å². The predicted molar refractivity (Wildman–Crippen MR) is 85.0 cm³/mol. The molecular weight excluding hydrogens is 358 g/mol. The molecule has 1 saturated heterocycles. The number of rotatable bonds is 6. The molecule has 1 fully saturated rings. The lowest BCUT2D eigenvalue weighted by atomic mass is 10.2. The molecule has 0 spiro atoms. The van der Waals surface area contributed by atoms with Gasteiger partial charge in [-0.05, 0) is 31.9 Å². The maximum atomic E-state index is 12.4. The standard InChI is InChI=1S/C14H19NO7S2/c1-2-21-14(16)12-8-4-5-9-13(12)23(17,18)22-24(19,20)15-10-6-3-7-11-15/h4-5,8-9H,2-3,6-7,10-11H2,1H3. The monoisotopic (exact) mass is 377 g/mol. The Kier molecular flexibility index (Phi) is 5.97. The molecule has 0 aromatic heterocycles. The van der Waals surface area contributed by atoms with Crippen LogP contribution in [-0.4, -0.2) is 46.8 Å². The van der Waals surface area contributed by atoms with Crippen molar-refractivity contribution in [1.82, 2.24) is 4.31 Å². The van der Waals surface area contributed by atoms with E-state index in [4.69, 9.17) is 4.74 Å². The fraction of sp³-hybridized carbons (Fsp3) is 0.500. The summed E-state index contributed by atoms with van der Waals surface area (Å²) in [7, 11) is -9.14. The first-order valence-electron chi connectivity index (χ1n) is 7.50. The molecule has 1 aromatic rings. The molecule has 0 aliphatic carbocycles. The zero-order valence-electron chi connectivity index (χ0n) is 13.2. The molecule has 10 heteroatoms. The van der Waals surface area contributed by atoms with Crippen molar-refractivity contribution in [3.63, 3.8) is 0 Å². The molecule has 24 heavy (non-hydrogen) atoms. The van der Waals surface area contributed by atoms with Crippen molar-refractivity contribution < 1.29 is 30.0 Å². The number of hydrogen-bond donors (Lipinski definition) is 0. The van der Waals surface area contributed by atoms with Gasteiger partial charge in [-0.1, -0.05) is 18.6 Å².